The number of aryl methyl sites for hydroxylation is 1. The zero-order chi connectivity index (χ0) is 12.0. The minimum absolute atomic E-state index is 0.759. The number of nitrogens with zero attached hydrogens (tertiary/aromatic N) is 1. The van der Waals surface area contributed by atoms with Crippen LogP contribution >= 0.6 is 11.3 Å². The molecule has 0 saturated carbocycles. The summed E-state index contributed by atoms with van der Waals surface area (Å²) in [6.07, 6.45) is 0. The maximum absolute atomic E-state index is 5.91. The Labute approximate surface area is 103 Å². The van der Waals surface area contributed by atoms with Crippen molar-refractivity contribution in [3.05, 3.63) is 35.9 Å². The number of aromatic nitrogens is 1. The van der Waals surface area contributed by atoms with Gasteiger partial charge < -0.3 is 11.5 Å². The van der Waals surface area contributed by atoms with Crippen LogP contribution in [0.2, 0.25) is 0 Å². The first-order chi connectivity index (χ1) is 8.13. The van der Waals surface area contributed by atoms with Crippen LogP contribution in [0, 0.1) is 6.92 Å². The molecule has 0 aliphatic rings. The molecule has 4 N–H and O–H groups in total. The van der Waals surface area contributed by atoms with Crippen LogP contribution in [0.1, 0.15) is 5.56 Å². The van der Waals surface area contributed by atoms with E-state index >= 15 is 0 Å². The van der Waals surface area contributed by atoms with E-state index in [-0.39, 0.29) is 0 Å². The van der Waals surface area contributed by atoms with E-state index in [2.05, 4.69) is 4.98 Å². The maximum atomic E-state index is 5.91. The molecule has 0 atom stereocenters. The number of hydrogen-bond acceptors (Lipinski definition) is 3. The molecule has 0 radical (unpaired) electrons. The van der Waals surface area contributed by atoms with Gasteiger partial charge in [-0.05, 0) is 30.7 Å². The second-order valence-corrected chi connectivity index (χ2v) is 5.20. The Bertz CT molecular complexity index is 737. The van der Waals surface area contributed by atoms with E-state index in [1.165, 1.54) is 0 Å². The smallest absolute Gasteiger partial charge is 0.259 e. The van der Waals surface area contributed by atoms with Crippen LogP contribution in [-0.2, 0) is 0 Å². The van der Waals surface area contributed by atoms with E-state index in [0.717, 1.165) is 37.4 Å². The lowest BCUT2D eigenvalue weighted by atomic mass is 10.2. The van der Waals surface area contributed by atoms with Crippen LogP contribution in [0.3, 0.4) is 0 Å². The average molecular weight is 242 g/mol. The first kappa shape index (κ1) is 10.2. The summed E-state index contributed by atoms with van der Waals surface area (Å²) in [4.78, 5) is 4.62. The van der Waals surface area contributed by atoms with Gasteiger partial charge >= 0.3 is 0 Å². The SMILES string of the molecule is Cc1cc2nc3ccc(N)cc3[s+]c2cc1N. The monoisotopic (exact) mass is 242 g/mol. The number of hydrogen-bond donors (Lipinski definition) is 2. The standard InChI is InChI=1S/C13H12N3S/c1-7-4-11-13(6-9(7)15)17-12-5-8(14)2-3-10(12)16-11/h2-6H,14-15H2,1H3/q+1. The molecule has 3 nitrogen and oxygen atoms in total. The van der Waals surface area contributed by atoms with E-state index in [1.54, 1.807) is 11.3 Å². The van der Waals surface area contributed by atoms with E-state index in [9.17, 15) is 0 Å². The second kappa shape index (κ2) is 3.53. The molecule has 0 saturated heterocycles. The van der Waals surface area contributed by atoms with E-state index < -0.39 is 0 Å². The van der Waals surface area contributed by atoms with Gasteiger partial charge in [-0.25, -0.2) is 4.98 Å². The summed E-state index contributed by atoms with van der Waals surface area (Å²) < 4.78 is 2.17. The zero-order valence-electron chi connectivity index (χ0n) is 9.40. The van der Waals surface area contributed by atoms with Gasteiger partial charge in [-0.1, -0.05) is 0 Å². The van der Waals surface area contributed by atoms with Gasteiger partial charge in [0.15, 0.2) is 0 Å². The highest BCUT2D eigenvalue weighted by atomic mass is 32.1. The van der Waals surface area contributed by atoms with Crippen molar-refractivity contribution in [1.82, 2.24) is 4.98 Å². The molecule has 0 aliphatic carbocycles. The summed E-state index contributed by atoms with van der Waals surface area (Å²) >= 11 is 1.67. The first-order valence-corrected chi connectivity index (χ1v) is 6.14. The van der Waals surface area contributed by atoms with Gasteiger partial charge in [0, 0.05) is 23.5 Å². The summed E-state index contributed by atoms with van der Waals surface area (Å²) in [6.45, 7) is 1.99. The molecule has 4 heteroatoms. The molecule has 3 rings (SSSR count). The third kappa shape index (κ3) is 1.66. The van der Waals surface area contributed by atoms with E-state index in [4.69, 9.17) is 11.5 Å². The first-order valence-electron chi connectivity index (χ1n) is 5.33. The molecular formula is C13H12N3S+. The van der Waals surface area contributed by atoms with Crippen molar-refractivity contribution in [3.63, 3.8) is 0 Å². The van der Waals surface area contributed by atoms with Crippen molar-refractivity contribution in [2.75, 3.05) is 11.5 Å². The Morgan fingerprint density at radius 1 is 1.00 bits per heavy atom. The summed E-state index contributed by atoms with van der Waals surface area (Å²) in [5, 5.41) is 0. The minimum Gasteiger partial charge on any atom is -0.399 e. The summed E-state index contributed by atoms with van der Waals surface area (Å²) in [5.41, 5.74) is 16.3. The lowest BCUT2D eigenvalue weighted by Gasteiger charge is -1.98. The molecule has 0 bridgehead atoms. The van der Waals surface area contributed by atoms with Crippen LogP contribution in [0.25, 0.3) is 20.4 Å². The highest BCUT2D eigenvalue weighted by molar-refractivity contribution is 7.24. The largest absolute Gasteiger partial charge is 0.399 e. The van der Waals surface area contributed by atoms with Gasteiger partial charge in [-0.3, -0.25) is 0 Å². The summed E-state index contributed by atoms with van der Waals surface area (Å²) in [5.74, 6) is 0. The van der Waals surface area contributed by atoms with Crippen molar-refractivity contribution in [1.29, 1.82) is 0 Å². The van der Waals surface area contributed by atoms with Crippen molar-refractivity contribution < 1.29 is 0 Å². The van der Waals surface area contributed by atoms with Gasteiger partial charge in [0.2, 0.25) is 11.3 Å². The van der Waals surface area contributed by atoms with Gasteiger partial charge in [0.05, 0.1) is 0 Å². The third-order valence-electron chi connectivity index (χ3n) is 2.79. The lowest BCUT2D eigenvalue weighted by molar-refractivity contribution is 1.46. The molecule has 1 aromatic heterocycles. The highest BCUT2D eigenvalue weighted by Crippen LogP contribution is 2.29. The number of rotatable bonds is 0. The third-order valence-corrected chi connectivity index (χ3v) is 3.89. The Morgan fingerprint density at radius 2 is 1.76 bits per heavy atom. The fourth-order valence-corrected chi connectivity index (χ4v) is 2.86. The number of nitrogens with two attached hydrogens (primary N) is 2. The maximum Gasteiger partial charge on any atom is 0.259 e. The molecule has 0 fully saturated rings. The van der Waals surface area contributed by atoms with Crippen LogP contribution in [0.4, 0.5) is 11.4 Å². The fraction of sp³-hybridized carbons (Fsp3) is 0.0769. The zero-order valence-corrected chi connectivity index (χ0v) is 10.2. The topological polar surface area (TPSA) is 64.9 Å². The predicted molar refractivity (Wildman–Crippen MR) is 75.1 cm³/mol. The minimum atomic E-state index is 0.759. The lowest BCUT2D eigenvalue weighted by Crippen LogP contribution is -1.90. The molecule has 84 valence electrons. The molecule has 1 heterocycles. The van der Waals surface area contributed by atoms with Crippen molar-refractivity contribution in [2.45, 2.75) is 6.92 Å². The van der Waals surface area contributed by atoms with Gasteiger partial charge in [-0.15, -0.1) is 0 Å². The molecule has 0 aliphatic heterocycles. The quantitative estimate of drug-likeness (QED) is 0.361. The summed E-state index contributed by atoms with van der Waals surface area (Å²) in [6, 6.07) is 9.77. The fourth-order valence-electron chi connectivity index (χ4n) is 1.81. The second-order valence-electron chi connectivity index (χ2n) is 4.12. The average Bonchev–Trinajstić information content (AvgIpc) is 2.28. The number of fused-ring (bicyclic) bond motifs is 2. The van der Waals surface area contributed by atoms with Gasteiger partial charge in [0.1, 0.15) is 11.0 Å². The predicted octanol–water partition coefficient (Wildman–Crippen LogP) is 3.20. The molecule has 17 heavy (non-hydrogen) atoms. The Balaban J connectivity index is 2.43. The molecule has 0 unspecified atom stereocenters. The number of nitrogen functional groups attached to an aromatic ring is 2. The molecule has 0 spiro atoms. The van der Waals surface area contributed by atoms with Crippen LogP contribution < -0.4 is 11.5 Å². The van der Waals surface area contributed by atoms with E-state index in [1.807, 2.05) is 37.3 Å². The van der Waals surface area contributed by atoms with Gasteiger partial charge in [0.25, 0.3) is 9.40 Å². The van der Waals surface area contributed by atoms with Crippen molar-refractivity contribution >= 4 is 43.1 Å². The van der Waals surface area contributed by atoms with Crippen LogP contribution in [0.15, 0.2) is 30.3 Å². The molecule has 0 amide bonds. The Morgan fingerprint density at radius 3 is 2.59 bits per heavy atom. The Kier molecular flexibility index (Phi) is 2.12. The molecule has 3 aromatic rings. The van der Waals surface area contributed by atoms with Gasteiger partial charge in [-0.2, -0.15) is 0 Å². The highest BCUT2D eigenvalue weighted by Gasteiger charge is 2.14. The normalized spacial score (nSPS) is 11.1. The van der Waals surface area contributed by atoms with Crippen LogP contribution in [-0.4, -0.2) is 4.98 Å². The Hall–Kier alpha value is -1.94. The van der Waals surface area contributed by atoms with Crippen molar-refractivity contribution in [2.24, 2.45) is 0 Å². The van der Waals surface area contributed by atoms with Crippen LogP contribution in [0.5, 0.6) is 0 Å². The number of anilines is 2. The summed E-state index contributed by atoms with van der Waals surface area (Å²) in [7, 11) is 0. The molecule has 2 aromatic carbocycles. The van der Waals surface area contributed by atoms with Crippen molar-refractivity contribution in [3.8, 4) is 0 Å². The van der Waals surface area contributed by atoms with E-state index in [0.29, 0.717) is 0 Å². The number of benzene rings is 2. The molecular weight excluding hydrogens is 230 g/mol.